The van der Waals surface area contributed by atoms with Gasteiger partial charge in [-0.1, -0.05) is 13.8 Å². The van der Waals surface area contributed by atoms with Crippen LogP contribution in [0.25, 0.3) is 11.2 Å². The summed E-state index contributed by atoms with van der Waals surface area (Å²) in [6.45, 7) is 5.16. The van der Waals surface area contributed by atoms with Gasteiger partial charge in [-0.2, -0.15) is 0 Å². The molecule has 0 atom stereocenters. The van der Waals surface area contributed by atoms with Gasteiger partial charge in [0.05, 0.1) is 0 Å². The Labute approximate surface area is 109 Å². The van der Waals surface area contributed by atoms with E-state index in [9.17, 15) is 5.11 Å². The summed E-state index contributed by atoms with van der Waals surface area (Å²) in [7, 11) is 0. The van der Waals surface area contributed by atoms with Crippen molar-refractivity contribution in [2.45, 2.75) is 33.4 Å². The molecule has 0 unspecified atom stereocenters. The fourth-order valence-electron chi connectivity index (χ4n) is 1.78. The lowest BCUT2D eigenvalue weighted by Gasteiger charge is -2.08. The predicted molar refractivity (Wildman–Crippen MR) is 70.6 cm³/mol. The van der Waals surface area contributed by atoms with Crippen LogP contribution < -0.4 is 0 Å². The van der Waals surface area contributed by atoms with Crippen LogP contribution in [0.5, 0.6) is 0 Å². The molecule has 2 aromatic rings. The zero-order chi connectivity index (χ0) is 12.4. The van der Waals surface area contributed by atoms with Crippen LogP contribution in [0.4, 0.5) is 0 Å². The van der Waals surface area contributed by atoms with E-state index in [0.29, 0.717) is 11.7 Å². The number of aromatic nitrogens is 3. The number of nitrogens with zero attached hydrogens (tertiary/aromatic N) is 3. The van der Waals surface area contributed by atoms with Crippen LogP contribution in [0, 0.1) is 5.92 Å². The third-order valence-electron chi connectivity index (χ3n) is 2.70. The average molecular weight is 298 g/mol. The molecule has 2 rings (SSSR count). The van der Waals surface area contributed by atoms with Crippen molar-refractivity contribution >= 4 is 27.1 Å². The lowest BCUT2D eigenvalue weighted by atomic mass is 10.1. The topological polar surface area (TPSA) is 50.9 Å². The molecular formula is C12H16BrN3O. The number of aryl methyl sites for hydroxylation is 1. The van der Waals surface area contributed by atoms with Gasteiger partial charge in [0.15, 0.2) is 5.65 Å². The Morgan fingerprint density at radius 3 is 2.88 bits per heavy atom. The van der Waals surface area contributed by atoms with E-state index in [1.807, 2.05) is 10.6 Å². The molecule has 5 heteroatoms. The predicted octanol–water partition coefficient (Wildman–Crippen LogP) is 2.73. The molecule has 0 spiro atoms. The van der Waals surface area contributed by atoms with Crippen molar-refractivity contribution in [3.05, 3.63) is 22.6 Å². The zero-order valence-electron chi connectivity index (χ0n) is 10.0. The Kier molecular flexibility index (Phi) is 3.79. The quantitative estimate of drug-likeness (QED) is 0.944. The second-order valence-electron chi connectivity index (χ2n) is 4.52. The molecule has 0 aromatic carbocycles. The van der Waals surface area contributed by atoms with E-state index in [1.54, 1.807) is 6.20 Å². The van der Waals surface area contributed by atoms with Gasteiger partial charge in [0.2, 0.25) is 0 Å². The zero-order valence-corrected chi connectivity index (χ0v) is 11.6. The smallest absolute Gasteiger partial charge is 0.160 e. The molecule has 0 aliphatic carbocycles. The van der Waals surface area contributed by atoms with Crippen LogP contribution in [0.15, 0.2) is 16.7 Å². The van der Waals surface area contributed by atoms with E-state index in [-0.39, 0.29) is 6.61 Å². The first-order valence-electron chi connectivity index (χ1n) is 5.73. The van der Waals surface area contributed by atoms with Crippen LogP contribution in [0.3, 0.4) is 0 Å². The normalized spacial score (nSPS) is 11.6. The Morgan fingerprint density at radius 1 is 1.47 bits per heavy atom. The lowest BCUT2D eigenvalue weighted by Crippen LogP contribution is -2.06. The molecule has 0 aliphatic rings. The minimum absolute atomic E-state index is 0.0495. The summed E-state index contributed by atoms with van der Waals surface area (Å²) in [6, 6.07) is 1.92. The van der Waals surface area contributed by atoms with Gasteiger partial charge in [-0.25, -0.2) is 9.97 Å². The summed E-state index contributed by atoms with van der Waals surface area (Å²) in [6.07, 6.45) is 2.81. The molecule has 0 aliphatic heterocycles. The monoisotopic (exact) mass is 297 g/mol. The Balaban J connectivity index is 2.43. The number of fused-ring (bicyclic) bond motifs is 1. The minimum atomic E-state index is -0.0495. The molecule has 2 heterocycles. The molecule has 92 valence electrons. The first kappa shape index (κ1) is 12.5. The van der Waals surface area contributed by atoms with Crippen molar-refractivity contribution in [2.75, 3.05) is 0 Å². The number of aliphatic hydroxyl groups excluding tert-OH is 1. The van der Waals surface area contributed by atoms with Crippen LogP contribution in [-0.4, -0.2) is 19.6 Å². The first-order chi connectivity index (χ1) is 8.11. The van der Waals surface area contributed by atoms with Gasteiger partial charge in [-0.15, -0.1) is 0 Å². The van der Waals surface area contributed by atoms with Gasteiger partial charge in [0.1, 0.15) is 17.9 Å². The molecule has 17 heavy (non-hydrogen) atoms. The molecule has 0 amide bonds. The van der Waals surface area contributed by atoms with Gasteiger partial charge in [-0.05, 0) is 34.3 Å². The Bertz CT molecular complexity index is 522. The number of pyridine rings is 1. The second kappa shape index (κ2) is 5.14. The first-order valence-corrected chi connectivity index (χ1v) is 6.52. The van der Waals surface area contributed by atoms with E-state index in [2.05, 4.69) is 39.7 Å². The van der Waals surface area contributed by atoms with Crippen molar-refractivity contribution in [3.8, 4) is 0 Å². The molecule has 1 N–H and O–H groups in total. The third kappa shape index (κ3) is 2.66. The molecule has 0 saturated carbocycles. The Morgan fingerprint density at radius 2 is 2.24 bits per heavy atom. The number of aliphatic hydroxyl groups is 1. The van der Waals surface area contributed by atoms with Crippen molar-refractivity contribution in [3.63, 3.8) is 0 Å². The van der Waals surface area contributed by atoms with Crippen LogP contribution in [-0.2, 0) is 13.2 Å². The number of hydrogen-bond acceptors (Lipinski definition) is 3. The highest BCUT2D eigenvalue weighted by atomic mass is 79.9. The molecule has 0 radical (unpaired) electrons. The van der Waals surface area contributed by atoms with Crippen molar-refractivity contribution in [2.24, 2.45) is 5.92 Å². The van der Waals surface area contributed by atoms with Crippen molar-refractivity contribution < 1.29 is 5.11 Å². The number of hydrogen-bond donors (Lipinski definition) is 1. The maximum atomic E-state index is 9.33. The molecule has 4 nitrogen and oxygen atoms in total. The number of rotatable bonds is 4. The molecule has 0 saturated heterocycles. The highest BCUT2D eigenvalue weighted by Crippen LogP contribution is 2.19. The van der Waals surface area contributed by atoms with E-state index in [4.69, 9.17) is 0 Å². The highest BCUT2D eigenvalue weighted by Gasteiger charge is 2.11. The largest absolute Gasteiger partial charge is 0.388 e. The summed E-state index contributed by atoms with van der Waals surface area (Å²) < 4.78 is 2.91. The SMILES string of the molecule is CC(C)CCn1c(CO)nc2cc(Br)cnc21. The number of imidazole rings is 1. The summed E-state index contributed by atoms with van der Waals surface area (Å²) in [5.74, 6) is 1.31. The molecular weight excluding hydrogens is 282 g/mol. The Hall–Kier alpha value is -0.940. The van der Waals surface area contributed by atoms with Gasteiger partial charge in [0.25, 0.3) is 0 Å². The number of halogens is 1. The molecule has 2 aromatic heterocycles. The maximum absolute atomic E-state index is 9.33. The summed E-state index contributed by atoms with van der Waals surface area (Å²) in [4.78, 5) is 8.76. The van der Waals surface area contributed by atoms with Gasteiger partial charge in [-0.3, -0.25) is 0 Å². The third-order valence-corrected chi connectivity index (χ3v) is 3.14. The fraction of sp³-hybridized carbons (Fsp3) is 0.500. The fourth-order valence-corrected chi connectivity index (χ4v) is 2.10. The summed E-state index contributed by atoms with van der Waals surface area (Å²) in [5.41, 5.74) is 1.67. The molecule has 0 fully saturated rings. The highest BCUT2D eigenvalue weighted by molar-refractivity contribution is 9.10. The van der Waals surface area contributed by atoms with E-state index < -0.39 is 0 Å². The minimum Gasteiger partial charge on any atom is -0.388 e. The molecule has 0 bridgehead atoms. The standard InChI is InChI=1S/C12H16BrN3O/c1-8(2)3-4-16-11(7-17)15-10-5-9(13)6-14-12(10)16/h5-6,8,17H,3-4,7H2,1-2H3. The van der Waals surface area contributed by atoms with E-state index >= 15 is 0 Å². The maximum Gasteiger partial charge on any atom is 0.160 e. The van der Waals surface area contributed by atoms with Gasteiger partial charge < -0.3 is 9.67 Å². The van der Waals surface area contributed by atoms with Crippen LogP contribution in [0.2, 0.25) is 0 Å². The lowest BCUT2D eigenvalue weighted by molar-refractivity contribution is 0.264. The van der Waals surface area contributed by atoms with Crippen molar-refractivity contribution in [1.29, 1.82) is 0 Å². The summed E-state index contributed by atoms with van der Waals surface area (Å²) in [5, 5.41) is 9.33. The summed E-state index contributed by atoms with van der Waals surface area (Å²) >= 11 is 3.38. The second-order valence-corrected chi connectivity index (χ2v) is 5.43. The van der Waals surface area contributed by atoms with Gasteiger partial charge in [0, 0.05) is 17.2 Å². The van der Waals surface area contributed by atoms with Gasteiger partial charge >= 0.3 is 0 Å². The van der Waals surface area contributed by atoms with E-state index in [0.717, 1.165) is 28.6 Å². The van der Waals surface area contributed by atoms with Crippen molar-refractivity contribution in [1.82, 2.24) is 14.5 Å². The van der Waals surface area contributed by atoms with Crippen LogP contribution >= 0.6 is 15.9 Å². The average Bonchev–Trinajstić information content (AvgIpc) is 2.63. The van der Waals surface area contributed by atoms with Crippen LogP contribution in [0.1, 0.15) is 26.1 Å². The van der Waals surface area contributed by atoms with E-state index in [1.165, 1.54) is 0 Å².